The number of piperidine rings is 1. The second-order valence-electron chi connectivity index (χ2n) is 21.3. The number of sulfonamides is 1. The number of aliphatic hydroxyl groups is 1. The van der Waals surface area contributed by atoms with Gasteiger partial charge < -0.3 is 39.6 Å². The van der Waals surface area contributed by atoms with Crippen LogP contribution in [0.5, 0.6) is 17.4 Å². The van der Waals surface area contributed by atoms with E-state index in [2.05, 4.69) is 72.9 Å². The van der Waals surface area contributed by atoms with Crippen molar-refractivity contribution in [1.82, 2.24) is 34.4 Å². The van der Waals surface area contributed by atoms with Gasteiger partial charge in [0, 0.05) is 89.5 Å². The number of carbonyl (C=O) groups excluding carboxylic acids is 2. The summed E-state index contributed by atoms with van der Waals surface area (Å²) in [6.45, 7) is 11.9. The zero-order valence-electron chi connectivity index (χ0n) is 42.9. The molecule has 9 rings (SSSR count). The number of ether oxygens (including phenoxy) is 2. The third-order valence-electron chi connectivity index (χ3n) is 15.6. The summed E-state index contributed by atoms with van der Waals surface area (Å²) in [6.07, 6.45) is 8.56. The quantitative estimate of drug-likeness (QED) is 0.0569. The molecule has 1 atom stereocenters. The minimum absolute atomic E-state index is 0.00812. The standard InChI is InChI=1S/C53H67FN10O9S/c1-7-72-50-46(26-41-42(54)31-57-47(41)58-50)73-45-24-35(12-13-40(45)49(65)59-74(70,71)37-25-43(64(68)69)48(56-30-37)55-29-34-14-16-52(4,67)17-15-34)61-20-18-53(19-21-61)27-36(28-53)63-23-22-62(51(66)60(5)6)32-44(63)39-11-9-8-10-38(39)33(2)3/h8-13,24-26,30-31,33-34,36,44,67H,7,14-23,27-29,32H2,1-6H3,(H,55,56)(H,57,58)(H,59,65)/t34?,44-,52?/m0/s1. The van der Waals surface area contributed by atoms with Crippen molar-refractivity contribution in [2.75, 3.05) is 70.2 Å². The first-order chi connectivity index (χ1) is 35.2. The second-order valence-corrected chi connectivity index (χ2v) is 23.0. The number of pyridine rings is 2. The number of halogens is 1. The van der Waals surface area contributed by atoms with Gasteiger partial charge in [-0.2, -0.15) is 4.98 Å². The number of carbonyl (C=O) groups is 2. The van der Waals surface area contributed by atoms with E-state index >= 15 is 0 Å². The van der Waals surface area contributed by atoms with Gasteiger partial charge in [0.05, 0.1) is 40.3 Å². The molecule has 5 heterocycles. The van der Waals surface area contributed by atoms with Crippen LogP contribution in [0.25, 0.3) is 11.0 Å². The van der Waals surface area contributed by atoms with E-state index in [0.29, 0.717) is 76.1 Å². The highest BCUT2D eigenvalue weighted by molar-refractivity contribution is 7.90. The molecule has 19 nitrogen and oxygen atoms in total. The number of nitrogens with zero attached hydrogens (tertiary/aromatic N) is 7. The van der Waals surface area contributed by atoms with E-state index in [9.17, 15) is 37.6 Å². The van der Waals surface area contributed by atoms with Crippen LogP contribution in [-0.4, -0.2) is 132 Å². The van der Waals surface area contributed by atoms with E-state index in [-0.39, 0.29) is 69.8 Å². The summed E-state index contributed by atoms with van der Waals surface area (Å²) >= 11 is 0. The van der Waals surface area contributed by atoms with Crippen LogP contribution in [0.15, 0.2) is 71.9 Å². The molecule has 2 aromatic carbocycles. The summed E-state index contributed by atoms with van der Waals surface area (Å²) in [5.41, 5.74) is 2.07. The van der Waals surface area contributed by atoms with E-state index in [1.165, 1.54) is 23.3 Å². The van der Waals surface area contributed by atoms with Gasteiger partial charge in [0.25, 0.3) is 21.8 Å². The van der Waals surface area contributed by atoms with E-state index in [1.54, 1.807) is 45.0 Å². The number of piperazine rings is 1. The van der Waals surface area contributed by atoms with Crippen LogP contribution in [0.2, 0.25) is 0 Å². The predicted molar refractivity (Wildman–Crippen MR) is 278 cm³/mol. The number of rotatable bonds is 15. The molecule has 0 radical (unpaired) electrons. The number of aromatic nitrogens is 3. The van der Waals surface area contributed by atoms with Crippen molar-refractivity contribution in [2.45, 2.75) is 108 Å². The maximum atomic E-state index is 15.0. The van der Waals surface area contributed by atoms with Crippen molar-refractivity contribution in [1.29, 1.82) is 0 Å². The third kappa shape index (κ3) is 11.0. The Hall–Kier alpha value is -6.58. The highest BCUT2D eigenvalue weighted by Crippen LogP contribution is 2.53. The van der Waals surface area contributed by atoms with Gasteiger partial charge in [-0.25, -0.2) is 27.3 Å². The van der Waals surface area contributed by atoms with E-state index < -0.39 is 42.9 Å². The lowest BCUT2D eigenvalue weighted by Crippen LogP contribution is -2.61. The molecule has 0 bridgehead atoms. The Balaban J connectivity index is 0.938. The van der Waals surface area contributed by atoms with Crippen LogP contribution in [0.4, 0.5) is 26.4 Å². The van der Waals surface area contributed by atoms with Crippen LogP contribution in [-0.2, 0) is 10.0 Å². The fourth-order valence-electron chi connectivity index (χ4n) is 11.4. The molecule has 2 aliphatic carbocycles. The number of hydrogen-bond acceptors (Lipinski definition) is 14. The Kier molecular flexibility index (Phi) is 14.8. The highest BCUT2D eigenvalue weighted by atomic mass is 32.2. The normalized spacial score (nSPS) is 21.4. The molecule has 0 unspecified atom stereocenters. The summed E-state index contributed by atoms with van der Waals surface area (Å²) in [7, 11) is -1.16. The molecule has 4 fully saturated rings. The van der Waals surface area contributed by atoms with Crippen molar-refractivity contribution in [3.63, 3.8) is 0 Å². The zero-order valence-corrected chi connectivity index (χ0v) is 43.7. The van der Waals surface area contributed by atoms with Gasteiger partial charge in [-0.15, -0.1) is 0 Å². The molecule has 1 spiro atoms. The molecule has 3 amide bonds. The average molecular weight is 1040 g/mol. The summed E-state index contributed by atoms with van der Waals surface area (Å²) in [5, 5.41) is 25.6. The number of anilines is 2. The van der Waals surface area contributed by atoms with E-state index in [4.69, 9.17) is 9.47 Å². The molecular weight excluding hydrogens is 972 g/mol. The predicted octanol–water partition coefficient (Wildman–Crippen LogP) is 8.58. The minimum atomic E-state index is -4.75. The first-order valence-corrected chi connectivity index (χ1v) is 27.1. The summed E-state index contributed by atoms with van der Waals surface area (Å²) < 4.78 is 57.0. The lowest BCUT2D eigenvalue weighted by molar-refractivity contribution is -0.384. The second kappa shape index (κ2) is 21.0. The molecule has 3 aromatic heterocycles. The molecule has 4 N–H and O–H groups in total. The molecular formula is C53H67FN10O9S. The molecule has 2 saturated heterocycles. The molecule has 21 heteroatoms. The van der Waals surface area contributed by atoms with Gasteiger partial charge in [-0.1, -0.05) is 38.1 Å². The van der Waals surface area contributed by atoms with Crippen LogP contribution in [0.1, 0.15) is 113 Å². The van der Waals surface area contributed by atoms with Gasteiger partial charge in [0.15, 0.2) is 5.75 Å². The van der Waals surface area contributed by atoms with Gasteiger partial charge in [0.1, 0.15) is 22.1 Å². The SMILES string of the molecule is CCOc1nc2[nH]cc(F)c2cc1Oc1cc(N2CCC3(CC2)CC(N2CCN(C(=O)N(C)C)C[C@H]2c2ccccc2C(C)C)C3)ccc1C(=O)NS(=O)(=O)c1cnc(NCC2CCC(C)(O)CC2)c([N+](=O)[O-])c1. The summed E-state index contributed by atoms with van der Waals surface area (Å²) in [5.74, 6) is -1.43. The van der Waals surface area contributed by atoms with Gasteiger partial charge in [-0.3, -0.25) is 19.8 Å². The number of nitrogens with one attached hydrogen (secondary N) is 3. The molecule has 5 aromatic rings. The van der Waals surface area contributed by atoms with E-state index in [0.717, 1.165) is 50.7 Å². The average Bonchev–Trinajstić information content (AvgIpc) is 3.72. The number of hydrogen-bond donors (Lipinski definition) is 4. The van der Waals surface area contributed by atoms with Crippen LogP contribution < -0.4 is 24.4 Å². The van der Waals surface area contributed by atoms with Crippen molar-refractivity contribution in [3.05, 3.63) is 99.6 Å². The number of aromatic amines is 1. The molecule has 4 aliphatic rings. The van der Waals surface area contributed by atoms with Gasteiger partial charge in [-0.05, 0) is 106 Å². The number of benzene rings is 2. The Morgan fingerprint density at radius 1 is 1.03 bits per heavy atom. The Bertz CT molecular complexity index is 3010. The summed E-state index contributed by atoms with van der Waals surface area (Å²) in [4.78, 5) is 58.1. The minimum Gasteiger partial charge on any atom is -0.475 e. The number of urea groups is 1. The first kappa shape index (κ1) is 52.3. The van der Waals surface area contributed by atoms with Gasteiger partial charge >= 0.3 is 11.7 Å². The zero-order chi connectivity index (χ0) is 52.7. The highest BCUT2D eigenvalue weighted by Gasteiger charge is 2.50. The van der Waals surface area contributed by atoms with Crippen LogP contribution in [0, 0.1) is 27.3 Å². The molecule has 396 valence electrons. The number of H-pyrrole nitrogens is 1. The third-order valence-corrected chi connectivity index (χ3v) is 16.9. The van der Waals surface area contributed by atoms with Crippen molar-refractivity contribution in [3.8, 4) is 17.4 Å². The number of amides is 3. The van der Waals surface area contributed by atoms with Crippen LogP contribution >= 0.6 is 0 Å². The van der Waals surface area contributed by atoms with E-state index in [1.807, 2.05) is 4.90 Å². The fourth-order valence-corrected chi connectivity index (χ4v) is 12.3. The van der Waals surface area contributed by atoms with Crippen molar-refractivity contribution < 1.29 is 41.9 Å². The smallest absolute Gasteiger partial charge is 0.319 e. The maximum absolute atomic E-state index is 15.0. The monoisotopic (exact) mass is 1040 g/mol. The Morgan fingerprint density at radius 2 is 1.76 bits per heavy atom. The topological polar surface area (TPSA) is 229 Å². The van der Waals surface area contributed by atoms with Crippen molar-refractivity contribution in [2.24, 2.45) is 11.3 Å². The Labute approximate surface area is 431 Å². The van der Waals surface area contributed by atoms with Crippen LogP contribution in [0.3, 0.4) is 0 Å². The maximum Gasteiger partial charge on any atom is 0.319 e. The molecule has 74 heavy (non-hydrogen) atoms. The summed E-state index contributed by atoms with van der Waals surface area (Å²) in [6, 6.07) is 16.1. The fraction of sp³-hybridized carbons (Fsp3) is 0.509. The van der Waals surface area contributed by atoms with Gasteiger partial charge in [0.2, 0.25) is 5.82 Å². The molecule has 2 saturated carbocycles. The first-order valence-electron chi connectivity index (χ1n) is 25.6. The Morgan fingerprint density at radius 3 is 2.45 bits per heavy atom. The molecule has 2 aliphatic heterocycles. The number of fused-ring (bicyclic) bond motifs is 1. The number of nitro groups is 1. The largest absolute Gasteiger partial charge is 0.475 e. The lowest BCUT2D eigenvalue weighted by Gasteiger charge is -2.58. The lowest BCUT2D eigenvalue weighted by atomic mass is 9.59. The van der Waals surface area contributed by atoms with Crippen molar-refractivity contribution >= 4 is 50.2 Å².